The van der Waals surface area contributed by atoms with E-state index in [1.165, 1.54) is 16.7 Å². The third kappa shape index (κ3) is 5.20. The number of piperidine rings is 1. The highest BCUT2D eigenvalue weighted by Gasteiger charge is 2.47. The molecule has 5 amide bonds. The summed E-state index contributed by atoms with van der Waals surface area (Å²) in [6.45, 7) is 2.12. The van der Waals surface area contributed by atoms with Gasteiger partial charge in [-0.05, 0) is 49.2 Å². The molecule has 0 spiro atoms. The molecular formula is C24H27N5O4. The van der Waals surface area contributed by atoms with E-state index in [9.17, 15) is 19.2 Å². The fraction of sp³-hybridized carbons (Fsp3) is 0.333. The molecule has 0 aromatic heterocycles. The van der Waals surface area contributed by atoms with Gasteiger partial charge in [-0.2, -0.15) is 0 Å². The van der Waals surface area contributed by atoms with Gasteiger partial charge in [-0.3, -0.25) is 19.3 Å². The molecule has 2 aromatic rings. The minimum Gasteiger partial charge on any atom is -0.326 e. The molecule has 2 saturated heterocycles. The molecule has 2 atom stereocenters. The Bertz CT molecular complexity index is 1040. The number of hydrogen-bond donors (Lipinski definition) is 3. The number of fused-ring (bicyclic) bond motifs is 1. The summed E-state index contributed by atoms with van der Waals surface area (Å²) in [6.07, 6.45) is 1.48. The molecule has 2 aliphatic heterocycles. The number of rotatable bonds is 6. The molecule has 0 saturated carbocycles. The Labute approximate surface area is 192 Å². The molecule has 172 valence electrons. The Kier molecular flexibility index (Phi) is 6.69. The molecule has 2 heterocycles. The van der Waals surface area contributed by atoms with Crippen LogP contribution in [0.1, 0.15) is 25.3 Å². The first-order chi connectivity index (χ1) is 15.9. The number of nitrogens with zero attached hydrogens (tertiary/aromatic N) is 2. The summed E-state index contributed by atoms with van der Waals surface area (Å²) in [7, 11) is 0. The summed E-state index contributed by atoms with van der Waals surface area (Å²) in [4.78, 5) is 53.1. The van der Waals surface area contributed by atoms with Crippen LogP contribution in [0.15, 0.2) is 54.6 Å². The Hall–Kier alpha value is -3.72. The first kappa shape index (κ1) is 22.5. The van der Waals surface area contributed by atoms with Gasteiger partial charge in [0, 0.05) is 18.3 Å². The van der Waals surface area contributed by atoms with Gasteiger partial charge in [0.2, 0.25) is 17.7 Å². The summed E-state index contributed by atoms with van der Waals surface area (Å²) < 4.78 is 0. The predicted octanol–water partition coefficient (Wildman–Crippen LogP) is 2.17. The van der Waals surface area contributed by atoms with Crippen molar-refractivity contribution < 1.29 is 19.2 Å². The van der Waals surface area contributed by atoms with Crippen LogP contribution in [0, 0.1) is 0 Å². The molecule has 0 radical (unpaired) electrons. The van der Waals surface area contributed by atoms with E-state index < -0.39 is 12.1 Å². The lowest BCUT2D eigenvalue weighted by molar-refractivity contribution is -0.138. The average molecular weight is 450 g/mol. The lowest BCUT2D eigenvalue weighted by atomic mass is 9.93. The molecule has 9 heteroatoms. The first-order valence-corrected chi connectivity index (χ1v) is 11.0. The number of carbonyl (C=O) groups excluding carboxylic acids is 4. The number of imide groups is 1. The fourth-order valence-corrected chi connectivity index (χ4v) is 4.31. The third-order valence-corrected chi connectivity index (χ3v) is 5.82. The Morgan fingerprint density at radius 1 is 1.00 bits per heavy atom. The smallest absolute Gasteiger partial charge is 0.326 e. The molecule has 2 aromatic carbocycles. The van der Waals surface area contributed by atoms with Crippen molar-refractivity contribution in [1.82, 2.24) is 15.1 Å². The van der Waals surface area contributed by atoms with Crippen molar-refractivity contribution in [2.24, 2.45) is 0 Å². The fourth-order valence-electron chi connectivity index (χ4n) is 4.31. The van der Waals surface area contributed by atoms with Crippen molar-refractivity contribution in [1.29, 1.82) is 0 Å². The average Bonchev–Trinajstić information content (AvgIpc) is 2.81. The summed E-state index contributed by atoms with van der Waals surface area (Å²) in [5.74, 6) is -0.784. The first-order valence-electron chi connectivity index (χ1n) is 11.0. The van der Waals surface area contributed by atoms with Crippen LogP contribution >= 0.6 is 0 Å². The highest BCUT2D eigenvalue weighted by atomic mass is 16.2. The molecule has 2 aliphatic rings. The molecule has 33 heavy (non-hydrogen) atoms. The molecule has 3 N–H and O–H groups in total. The maximum absolute atomic E-state index is 13.3. The van der Waals surface area contributed by atoms with Gasteiger partial charge in [0.1, 0.15) is 12.6 Å². The summed E-state index contributed by atoms with van der Waals surface area (Å²) in [5.41, 5.74) is 2.02. The number of nitrogens with one attached hydrogen (secondary N) is 3. The largest absolute Gasteiger partial charge is 0.327 e. The van der Waals surface area contributed by atoms with Gasteiger partial charge in [-0.25, -0.2) is 4.79 Å². The van der Waals surface area contributed by atoms with Gasteiger partial charge in [-0.15, -0.1) is 0 Å². The van der Waals surface area contributed by atoms with Crippen LogP contribution in [0.4, 0.5) is 16.2 Å². The summed E-state index contributed by atoms with van der Waals surface area (Å²) in [5, 5.41) is 8.69. The van der Waals surface area contributed by atoms with E-state index >= 15 is 0 Å². The van der Waals surface area contributed by atoms with Crippen LogP contribution in [0.3, 0.4) is 0 Å². The lowest BCUT2D eigenvalue weighted by Gasteiger charge is -2.46. The molecule has 2 unspecified atom stereocenters. The molecule has 0 bridgehead atoms. The minimum atomic E-state index is -0.523. The van der Waals surface area contributed by atoms with Crippen LogP contribution in [-0.2, 0) is 20.9 Å². The predicted molar refractivity (Wildman–Crippen MR) is 123 cm³/mol. The maximum atomic E-state index is 13.3. The van der Waals surface area contributed by atoms with Crippen LogP contribution in [0.25, 0.3) is 0 Å². The minimum absolute atomic E-state index is 0.159. The quantitative estimate of drug-likeness (QED) is 0.626. The second kappa shape index (κ2) is 9.83. The summed E-state index contributed by atoms with van der Waals surface area (Å²) in [6, 6.07) is 14.7. The van der Waals surface area contributed by atoms with E-state index in [4.69, 9.17) is 0 Å². The van der Waals surface area contributed by atoms with Crippen molar-refractivity contribution in [3.05, 3.63) is 60.2 Å². The van der Waals surface area contributed by atoms with Gasteiger partial charge in [-0.1, -0.05) is 30.3 Å². The normalized spacial score (nSPS) is 20.3. The van der Waals surface area contributed by atoms with Gasteiger partial charge >= 0.3 is 6.03 Å². The van der Waals surface area contributed by atoms with E-state index in [0.29, 0.717) is 24.3 Å². The van der Waals surface area contributed by atoms with E-state index in [0.717, 1.165) is 12.0 Å². The standard InChI is InChI=1S/C24H27N5O4/c1-16(30)26-18-9-11-19(12-10-18)27-21(31)15-28-20-8-5-13-25-22(20)23(32)29(24(28)33)14-17-6-3-2-4-7-17/h2-4,6-7,9-12,20,22,25H,5,8,13-15H2,1H3,(H,26,30)(H,27,31). The van der Waals surface area contributed by atoms with Gasteiger partial charge in [0.05, 0.1) is 12.6 Å². The number of carbonyl (C=O) groups is 4. The van der Waals surface area contributed by atoms with Gasteiger partial charge < -0.3 is 20.9 Å². The lowest BCUT2D eigenvalue weighted by Crippen LogP contribution is -2.70. The molecular weight excluding hydrogens is 422 g/mol. The molecule has 0 aliphatic carbocycles. The number of anilines is 2. The Balaban J connectivity index is 1.48. The van der Waals surface area contributed by atoms with Crippen LogP contribution < -0.4 is 16.0 Å². The van der Waals surface area contributed by atoms with Crippen LogP contribution in [0.5, 0.6) is 0 Å². The second-order valence-electron chi connectivity index (χ2n) is 8.27. The highest BCUT2D eigenvalue weighted by Crippen LogP contribution is 2.26. The van der Waals surface area contributed by atoms with Gasteiger partial charge in [0.15, 0.2) is 0 Å². The SMILES string of the molecule is CC(=O)Nc1ccc(NC(=O)CN2C(=O)N(Cc3ccccc3)C(=O)C3NCCCC32)cc1. The molecule has 9 nitrogen and oxygen atoms in total. The van der Waals surface area contributed by atoms with E-state index in [1.807, 2.05) is 30.3 Å². The maximum Gasteiger partial charge on any atom is 0.327 e. The topological polar surface area (TPSA) is 111 Å². The monoisotopic (exact) mass is 449 g/mol. The van der Waals surface area contributed by atoms with Crippen LogP contribution in [-0.4, -0.2) is 58.7 Å². The zero-order valence-electron chi connectivity index (χ0n) is 18.4. The molecule has 4 rings (SSSR count). The van der Waals surface area contributed by atoms with Gasteiger partial charge in [0.25, 0.3) is 0 Å². The van der Waals surface area contributed by atoms with Crippen molar-refractivity contribution in [3.63, 3.8) is 0 Å². The van der Waals surface area contributed by atoms with E-state index in [-0.39, 0.29) is 36.9 Å². The van der Waals surface area contributed by atoms with E-state index in [2.05, 4.69) is 16.0 Å². The van der Waals surface area contributed by atoms with Crippen LogP contribution in [0.2, 0.25) is 0 Å². The zero-order valence-corrected chi connectivity index (χ0v) is 18.4. The van der Waals surface area contributed by atoms with Crippen molar-refractivity contribution in [3.8, 4) is 0 Å². The Morgan fingerprint density at radius 2 is 1.67 bits per heavy atom. The number of urea groups is 1. The highest BCUT2D eigenvalue weighted by molar-refractivity contribution is 6.03. The van der Waals surface area contributed by atoms with Crippen molar-refractivity contribution in [2.75, 3.05) is 23.7 Å². The number of amides is 5. The van der Waals surface area contributed by atoms with Crippen molar-refractivity contribution >= 4 is 35.1 Å². The molecule has 2 fully saturated rings. The zero-order chi connectivity index (χ0) is 23.4. The summed E-state index contributed by atoms with van der Waals surface area (Å²) >= 11 is 0. The Morgan fingerprint density at radius 3 is 2.33 bits per heavy atom. The van der Waals surface area contributed by atoms with Crippen molar-refractivity contribution in [2.45, 2.75) is 38.4 Å². The van der Waals surface area contributed by atoms with E-state index in [1.54, 1.807) is 24.3 Å². The number of hydrogen-bond acceptors (Lipinski definition) is 5. The third-order valence-electron chi connectivity index (χ3n) is 5.82. The second-order valence-corrected chi connectivity index (χ2v) is 8.27. The number of benzene rings is 2.